The van der Waals surface area contributed by atoms with Gasteiger partial charge < -0.3 is 14.1 Å². The van der Waals surface area contributed by atoms with E-state index >= 15 is 0 Å². The number of thioether (sulfide) groups is 1. The molecule has 0 bridgehead atoms. The summed E-state index contributed by atoms with van der Waals surface area (Å²) in [7, 11) is 0. The van der Waals surface area contributed by atoms with E-state index in [0.29, 0.717) is 17.2 Å². The van der Waals surface area contributed by atoms with Gasteiger partial charge in [-0.1, -0.05) is 30.3 Å². The summed E-state index contributed by atoms with van der Waals surface area (Å²) in [4.78, 5) is 30.9. The number of carbonyl (C=O) groups excluding carboxylic acids is 2. The SMILES string of the molecule is CC(=O)N1[C@@H](C(=O)OCc2csc(-c3ccccc3)n2)CS[C@H]1c1ccco1. The number of furan rings is 1. The van der Waals surface area contributed by atoms with Crippen LogP contribution in [0.4, 0.5) is 0 Å². The molecule has 1 fully saturated rings. The lowest BCUT2D eigenvalue weighted by molar-refractivity contribution is -0.154. The number of rotatable bonds is 5. The first-order chi connectivity index (χ1) is 13.6. The maximum atomic E-state index is 12.6. The number of esters is 1. The summed E-state index contributed by atoms with van der Waals surface area (Å²) in [5, 5.41) is 2.45. The Morgan fingerprint density at radius 2 is 2.07 bits per heavy atom. The molecule has 0 aliphatic carbocycles. The van der Waals surface area contributed by atoms with Gasteiger partial charge >= 0.3 is 5.97 Å². The van der Waals surface area contributed by atoms with Gasteiger partial charge in [-0.15, -0.1) is 23.1 Å². The van der Waals surface area contributed by atoms with Crippen LogP contribution in [0, 0.1) is 0 Å². The molecular weight excluding hydrogens is 396 g/mol. The number of nitrogens with zero attached hydrogens (tertiary/aromatic N) is 2. The largest absolute Gasteiger partial charge is 0.466 e. The molecule has 2 atom stereocenters. The van der Waals surface area contributed by atoms with Crippen LogP contribution in [0.2, 0.25) is 0 Å². The van der Waals surface area contributed by atoms with E-state index in [9.17, 15) is 9.59 Å². The number of ether oxygens (including phenoxy) is 1. The number of hydrogen-bond acceptors (Lipinski definition) is 7. The van der Waals surface area contributed by atoms with Crippen LogP contribution in [-0.2, 0) is 20.9 Å². The van der Waals surface area contributed by atoms with Crippen LogP contribution >= 0.6 is 23.1 Å². The van der Waals surface area contributed by atoms with E-state index in [0.717, 1.165) is 10.6 Å². The zero-order valence-electron chi connectivity index (χ0n) is 15.1. The Bertz CT molecular complexity index is 956. The molecule has 0 spiro atoms. The molecule has 0 N–H and O–H groups in total. The van der Waals surface area contributed by atoms with Crippen molar-refractivity contribution in [1.82, 2.24) is 9.88 Å². The summed E-state index contributed by atoms with van der Waals surface area (Å²) < 4.78 is 10.9. The Kier molecular flexibility index (Phi) is 5.50. The van der Waals surface area contributed by atoms with E-state index < -0.39 is 12.0 Å². The Labute approximate surface area is 170 Å². The topological polar surface area (TPSA) is 72.6 Å². The van der Waals surface area contributed by atoms with Crippen molar-refractivity contribution in [3.8, 4) is 10.6 Å². The first-order valence-corrected chi connectivity index (χ1v) is 10.7. The smallest absolute Gasteiger partial charge is 0.330 e. The van der Waals surface area contributed by atoms with Gasteiger partial charge in [0.1, 0.15) is 28.8 Å². The molecule has 1 aliphatic heterocycles. The fourth-order valence-electron chi connectivity index (χ4n) is 3.05. The first kappa shape index (κ1) is 18.8. The van der Waals surface area contributed by atoms with Crippen LogP contribution in [0.25, 0.3) is 10.6 Å². The van der Waals surface area contributed by atoms with Gasteiger partial charge in [-0.25, -0.2) is 9.78 Å². The number of benzene rings is 1. The quantitative estimate of drug-likeness (QED) is 0.585. The third-order valence-electron chi connectivity index (χ3n) is 4.36. The minimum absolute atomic E-state index is 0.0838. The van der Waals surface area contributed by atoms with E-state index in [2.05, 4.69) is 4.98 Å². The molecule has 4 rings (SSSR count). The maximum Gasteiger partial charge on any atom is 0.330 e. The van der Waals surface area contributed by atoms with Crippen molar-refractivity contribution in [3.05, 3.63) is 65.6 Å². The third kappa shape index (κ3) is 3.83. The van der Waals surface area contributed by atoms with Crippen LogP contribution < -0.4 is 0 Å². The van der Waals surface area contributed by atoms with E-state index in [-0.39, 0.29) is 17.9 Å². The molecular formula is C20H18N2O4S2. The summed E-state index contributed by atoms with van der Waals surface area (Å²) in [6, 6.07) is 12.8. The standard InChI is InChI=1S/C20H18N2O4S2/c1-13(23)22-16(12-28-19(22)17-8-5-9-25-17)20(24)26-10-15-11-27-18(21-15)14-6-3-2-4-7-14/h2-9,11,16,19H,10,12H2,1H3/t16-,19+/m1/s1. The lowest BCUT2D eigenvalue weighted by Crippen LogP contribution is -2.42. The number of aromatic nitrogens is 1. The van der Waals surface area contributed by atoms with Gasteiger partial charge in [0.05, 0.1) is 12.0 Å². The van der Waals surface area contributed by atoms with Gasteiger partial charge in [-0.2, -0.15) is 0 Å². The normalized spacial score (nSPS) is 19.0. The molecule has 6 nitrogen and oxygen atoms in total. The number of thiazole rings is 1. The van der Waals surface area contributed by atoms with Crippen LogP contribution in [-0.4, -0.2) is 33.6 Å². The second kappa shape index (κ2) is 8.20. The molecule has 144 valence electrons. The van der Waals surface area contributed by atoms with Crippen LogP contribution in [0.1, 0.15) is 23.8 Å². The highest BCUT2D eigenvalue weighted by atomic mass is 32.2. The van der Waals surface area contributed by atoms with Crippen LogP contribution in [0.5, 0.6) is 0 Å². The highest BCUT2D eigenvalue weighted by Crippen LogP contribution is 2.41. The minimum Gasteiger partial charge on any atom is -0.466 e. The van der Waals surface area contributed by atoms with E-state index in [1.165, 1.54) is 34.9 Å². The molecule has 3 heterocycles. The van der Waals surface area contributed by atoms with E-state index in [1.807, 2.05) is 41.8 Å². The first-order valence-electron chi connectivity index (χ1n) is 8.74. The van der Waals surface area contributed by atoms with Crippen molar-refractivity contribution in [3.63, 3.8) is 0 Å². The molecule has 0 saturated carbocycles. The molecule has 2 aromatic heterocycles. The summed E-state index contributed by atoms with van der Waals surface area (Å²) in [6.45, 7) is 1.54. The summed E-state index contributed by atoms with van der Waals surface area (Å²) >= 11 is 3.00. The average Bonchev–Trinajstić information content (AvgIpc) is 3.46. The highest BCUT2D eigenvalue weighted by molar-refractivity contribution is 7.99. The van der Waals surface area contributed by atoms with Crippen molar-refractivity contribution in [2.45, 2.75) is 24.9 Å². The summed E-state index contributed by atoms with van der Waals surface area (Å²) in [6.07, 6.45) is 1.56. The summed E-state index contributed by atoms with van der Waals surface area (Å²) in [5.74, 6) is 0.512. The zero-order valence-corrected chi connectivity index (χ0v) is 16.7. The predicted molar refractivity (Wildman–Crippen MR) is 108 cm³/mol. The molecule has 0 radical (unpaired) electrons. The van der Waals surface area contributed by atoms with Gasteiger partial charge in [0.2, 0.25) is 5.91 Å². The minimum atomic E-state index is -0.634. The lowest BCUT2D eigenvalue weighted by Gasteiger charge is -2.25. The second-order valence-corrected chi connectivity index (χ2v) is 8.23. The zero-order chi connectivity index (χ0) is 19.5. The van der Waals surface area contributed by atoms with E-state index in [1.54, 1.807) is 12.3 Å². The Hall–Kier alpha value is -2.58. The molecule has 0 unspecified atom stereocenters. The maximum absolute atomic E-state index is 12.6. The average molecular weight is 415 g/mol. The molecule has 1 aliphatic rings. The molecule has 1 saturated heterocycles. The molecule has 3 aromatic rings. The van der Waals surface area contributed by atoms with Crippen molar-refractivity contribution in [2.75, 3.05) is 5.75 Å². The second-order valence-electron chi connectivity index (χ2n) is 6.26. The highest BCUT2D eigenvalue weighted by Gasteiger charge is 2.43. The lowest BCUT2D eigenvalue weighted by atomic mass is 10.2. The molecule has 1 aromatic carbocycles. The van der Waals surface area contributed by atoms with Crippen LogP contribution in [0.3, 0.4) is 0 Å². The number of hydrogen-bond donors (Lipinski definition) is 0. The van der Waals surface area contributed by atoms with Crippen molar-refractivity contribution in [2.24, 2.45) is 0 Å². The fourth-order valence-corrected chi connectivity index (χ4v) is 5.28. The number of amides is 1. The van der Waals surface area contributed by atoms with Gasteiger partial charge in [0, 0.05) is 23.6 Å². The summed E-state index contributed by atoms with van der Waals surface area (Å²) in [5.41, 5.74) is 1.72. The van der Waals surface area contributed by atoms with Crippen molar-refractivity contribution in [1.29, 1.82) is 0 Å². The number of carbonyl (C=O) groups is 2. The monoisotopic (exact) mass is 414 g/mol. The molecule has 1 amide bonds. The third-order valence-corrected chi connectivity index (χ3v) is 6.58. The van der Waals surface area contributed by atoms with Gasteiger partial charge in [0.15, 0.2) is 0 Å². The van der Waals surface area contributed by atoms with Gasteiger partial charge in [-0.05, 0) is 12.1 Å². The van der Waals surface area contributed by atoms with Gasteiger partial charge in [0.25, 0.3) is 0 Å². The molecule has 28 heavy (non-hydrogen) atoms. The fraction of sp³-hybridized carbons (Fsp3) is 0.250. The van der Waals surface area contributed by atoms with Crippen molar-refractivity contribution < 1.29 is 18.7 Å². The predicted octanol–water partition coefficient (Wildman–Crippen LogP) is 4.11. The van der Waals surface area contributed by atoms with Crippen molar-refractivity contribution >= 4 is 35.0 Å². The van der Waals surface area contributed by atoms with Gasteiger partial charge in [-0.3, -0.25) is 4.79 Å². The Morgan fingerprint density at radius 1 is 1.25 bits per heavy atom. The van der Waals surface area contributed by atoms with E-state index in [4.69, 9.17) is 9.15 Å². The Morgan fingerprint density at radius 3 is 2.79 bits per heavy atom. The molecule has 8 heteroatoms. The Balaban J connectivity index is 1.41. The van der Waals surface area contributed by atoms with Crippen LogP contribution in [0.15, 0.2) is 58.5 Å².